The maximum Gasteiger partial charge on any atom is 0.328 e. The average molecular weight is 285 g/mol. The molecule has 1 aromatic heterocycles. The van der Waals surface area contributed by atoms with Crippen molar-refractivity contribution in [3.05, 3.63) is 57.8 Å². The Bertz CT molecular complexity index is 682. The van der Waals surface area contributed by atoms with Crippen LogP contribution in [-0.4, -0.2) is 11.1 Å². The number of benzene rings is 1. The highest BCUT2D eigenvalue weighted by atomic mass is 32.1. The molecule has 4 nitrogen and oxygen atoms in total. The quantitative estimate of drug-likeness (QED) is 0.856. The van der Waals surface area contributed by atoms with E-state index in [0.717, 1.165) is 15.8 Å². The van der Waals surface area contributed by atoms with Crippen LogP contribution in [-0.2, 0) is 11.4 Å². The van der Waals surface area contributed by atoms with Crippen LogP contribution in [0, 0.1) is 11.3 Å². The fourth-order valence-electron chi connectivity index (χ4n) is 1.55. The number of ether oxygens (including phenoxy) is 1. The molecule has 0 bridgehead atoms. The lowest BCUT2D eigenvalue weighted by molar-refractivity contribution is -0.131. The highest BCUT2D eigenvalue weighted by Gasteiger charge is 2.04. The smallest absolute Gasteiger partial charge is 0.328 e. The van der Waals surface area contributed by atoms with E-state index in [9.17, 15) is 4.79 Å². The molecule has 2 rings (SSSR count). The Morgan fingerprint density at radius 1 is 1.35 bits per heavy atom. The number of carbonyl (C=O) groups is 1. The van der Waals surface area contributed by atoms with Crippen molar-refractivity contribution in [2.45, 2.75) is 6.61 Å². The molecule has 0 aliphatic carbocycles. The predicted octanol–water partition coefficient (Wildman–Crippen LogP) is 3.30. The topological polar surface area (TPSA) is 70.3 Å². The summed E-state index contributed by atoms with van der Waals surface area (Å²) in [6, 6.07) is 12.8. The zero-order valence-corrected chi connectivity index (χ0v) is 11.3. The van der Waals surface area contributed by atoms with Gasteiger partial charge in [0.15, 0.2) is 0 Å². The van der Waals surface area contributed by atoms with Crippen LogP contribution < -0.4 is 4.74 Å². The van der Waals surface area contributed by atoms with Gasteiger partial charge in [0.1, 0.15) is 18.4 Å². The van der Waals surface area contributed by atoms with Gasteiger partial charge in [-0.05, 0) is 30.3 Å². The number of aliphatic carboxylic acids is 1. The number of nitriles is 1. The molecule has 0 aliphatic rings. The fourth-order valence-corrected chi connectivity index (χ4v) is 2.38. The summed E-state index contributed by atoms with van der Waals surface area (Å²) in [5.74, 6) is -0.426. The van der Waals surface area contributed by atoms with Gasteiger partial charge < -0.3 is 9.84 Å². The highest BCUT2D eigenvalue weighted by Crippen LogP contribution is 2.22. The molecular formula is C15H11NO3S. The minimum Gasteiger partial charge on any atom is -0.487 e. The molecule has 0 unspecified atom stereocenters. The Kier molecular flexibility index (Phi) is 4.53. The second-order valence-electron chi connectivity index (χ2n) is 3.87. The Hall–Kier alpha value is -2.58. The molecule has 0 spiro atoms. The number of hydrogen-bond donors (Lipinski definition) is 1. The van der Waals surface area contributed by atoms with Crippen LogP contribution in [0.3, 0.4) is 0 Å². The zero-order valence-electron chi connectivity index (χ0n) is 10.4. The third-order valence-corrected chi connectivity index (χ3v) is 3.47. The summed E-state index contributed by atoms with van der Waals surface area (Å²) >= 11 is 1.45. The van der Waals surface area contributed by atoms with Crippen molar-refractivity contribution in [3.8, 4) is 11.8 Å². The molecule has 1 heterocycles. The standard InChI is InChI=1S/C15H11NO3S/c16-9-11-3-1-2-4-14(11)19-10-13-6-5-12(20-13)7-8-15(17)18/h1-8H,10H2,(H,17,18). The van der Waals surface area contributed by atoms with Crippen molar-refractivity contribution in [1.29, 1.82) is 5.26 Å². The van der Waals surface area contributed by atoms with Crippen molar-refractivity contribution in [2.24, 2.45) is 0 Å². The van der Waals surface area contributed by atoms with Crippen molar-refractivity contribution in [1.82, 2.24) is 0 Å². The number of thiophene rings is 1. The lowest BCUT2D eigenvalue weighted by atomic mass is 10.2. The van der Waals surface area contributed by atoms with Crippen molar-refractivity contribution >= 4 is 23.4 Å². The van der Waals surface area contributed by atoms with Crippen LogP contribution in [0.4, 0.5) is 0 Å². The van der Waals surface area contributed by atoms with Gasteiger partial charge in [-0.2, -0.15) is 5.26 Å². The van der Waals surface area contributed by atoms with Gasteiger partial charge in [-0.15, -0.1) is 11.3 Å². The van der Waals surface area contributed by atoms with Gasteiger partial charge in [0.05, 0.1) is 5.56 Å². The van der Waals surface area contributed by atoms with E-state index in [2.05, 4.69) is 6.07 Å². The first-order valence-electron chi connectivity index (χ1n) is 5.80. The lowest BCUT2D eigenvalue weighted by Crippen LogP contribution is -1.94. The van der Waals surface area contributed by atoms with E-state index < -0.39 is 5.97 Å². The molecule has 1 aromatic carbocycles. The molecule has 0 amide bonds. The Morgan fingerprint density at radius 2 is 2.15 bits per heavy atom. The van der Waals surface area contributed by atoms with E-state index in [1.54, 1.807) is 24.3 Å². The molecule has 20 heavy (non-hydrogen) atoms. The second-order valence-corrected chi connectivity index (χ2v) is 5.07. The van der Waals surface area contributed by atoms with E-state index in [1.165, 1.54) is 11.3 Å². The summed E-state index contributed by atoms with van der Waals surface area (Å²) in [5, 5.41) is 17.5. The number of nitrogens with zero attached hydrogens (tertiary/aromatic N) is 1. The Balaban J connectivity index is 2.01. The first-order valence-corrected chi connectivity index (χ1v) is 6.62. The molecule has 5 heteroatoms. The number of carboxylic acids is 1. The number of para-hydroxylation sites is 1. The molecule has 0 radical (unpaired) electrons. The zero-order chi connectivity index (χ0) is 14.4. The van der Waals surface area contributed by atoms with E-state index in [-0.39, 0.29) is 0 Å². The van der Waals surface area contributed by atoms with E-state index >= 15 is 0 Å². The minimum atomic E-state index is -0.973. The van der Waals surface area contributed by atoms with Crippen LogP contribution in [0.2, 0.25) is 0 Å². The molecule has 2 aromatic rings. The summed E-state index contributed by atoms with van der Waals surface area (Å²) in [5.41, 5.74) is 0.495. The van der Waals surface area contributed by atoms with E-state index in [1.807, 2.05) is 18.2 Å². The van der Waals surface area contributed by atoms with Gasteiger partial charge in [-0.1, -0.05) is 12.1 Å². The monoisotopic (exact) mass is 285 g/mol. The van der Waals surface area contributed by atoms with Crippen molar-refractivity contribution in [2.75, 3.05) is 0 Å². The van der Waals surface area contributed by atoms with Crippen LogP contribution >= 0.6 is 11.3 Å². The number of rotatable bonds is 5. The minimum absolute atomic E-state index is 0.351. The van der Waals surface area contributed by atoms with Crippen molar-refractivity contribution < 1.29 is 14.6 Å². The summed E-state index contributed by atoms with van der Waals surface area (Å²) in [7, 11) is 0. The van der Waals surface area contributed by atoms with Crippen LogP contribution in [0.1, 0.15) is 15.3 Å². The van der Waals surface area contributed by atoms with Crippen molar-refractivity contribution in [3.63, 3.8) is 0 Å². The number of carboxylic acid groups (broad SMARTS) is 1. The summed E-state index contributed by atoms with van der Waals surface area (Å²) in [4.78, 5) is 12.2. The molecule has 100 valence electrons. The lowest BCUT2D eigenvalue weighted by Gasteiger charge is -2.05. The number of hydrogen-bond acceptors (Lipinski definition) is 4. The third-order valence-electron chi connectivity index (χ3n) is 2.45. The van der Waals surface area contributed by atoms with E-state index in [4.69, 9.17) is 15.1 Å². The maximum absolute atomic E-state index is 10.4. The molecule has 0 saturated carbocycles. The van der Waals surface area contributed by atoms with E-state index in [0.29, 0.717) is 17.9 Å². The molecule has 0 saturated heterocycles. The first-order chi connectivity index (χ1) is 9.69. The van der Waals surface area contributed by atoms with Crippen LogP contribution in [0.15, 0.2) is 42.5 Å². The van der Waals surface area contributed by atoms with Gasteiger partial charge >= 0.3 is 5.97 Å². The predicted molar refractivity (Wildman–Crippen MR) is 76.5 cm³/mol. The second kappa shape index (κ2) is 6.55. The summed E-state index contributed by atoms with van der Waals surface area (Å²) in [6.07, 6.45) is 2.64. The SMILES string of the molecule is N#Cc1ccccc1OCc1ccc(C=CC(=O)O)s1. The average Bonchev–Trinajstić information content (AvgIpc) is 2.91. The maximum atomic E-state index is 10.4. The third kappa shape index (κ3) is 3.70. The van der Waals surface area contributed by atoms with Gasteiger partial charge in [-0.3, -0.25) is 0 Å². The van der Waals surface area contributed by atoms with Gasteiger partial charge in [0, 0.05) is 15.8 Å². The molecular weight excluding hydrogens is 274 g/mol. The van der Waals surface area contributed by atoms with Gasteiger partial charge in [0.2, 0.25) is 0 Å². The Labute approximate surface area is 120 Å². The highest BCUT2D eigenvalue weighted by molar-refractivity contribution is 7.12. The van der Waals surface area contributed by atoms with Crippen LogP contribution in [0.5, 0.6) is 5.75 Å². The Morgan fingerprint density at radius 3 is 2.90 bits per heavy atom. The molecule has 0 fully saturated rings. The first kappa shape index (κ1) is 13.8. The van der Waals surface area contributed by atoms with Gasteiger partial charge in [0.25, 0.3) is 0 Å². The molecule has 0 aliphatic heterocycles. The molecule has 1 N–H and O–H groups in total. The summed E-state index contributed by atoms with van der Waals surface area (Å²) < 4.78 is 5.60. The summed E-state index contributed by atoms with van der Waals surface area (Å²) in [6.45, 7) is 0.351. The van der Waals surface area contributed by atoms with Crippen LogP contribution in [0.25, 0.3) is 6.08 Å². The fraction of sp³-hybridized carbons (Fsp3) is 0.0667. The largest absolute Gasteiger partial charge is 0.487 e. The normalized spacial score (nSPS) is 10.3. The van der Waals surface area contributed by atoms with Gasteiger partial charge in [-0.25, -0.2) is 4.79 Å². The molecule has 0 atom stereocenters.